The Labute approximate surface area is 132 Å². The zero-order chi connectivity index (χ0) is 16.2. The Kier molecular flexibility index (Phi) is 4.14. The molecule has 23 heavy (non-hydrogen) atoms. The largest absolute Gasteiger partial charge is 0.475 e. The van der Waals surface area contributed by atoms with Crippen molar-refractivity contribution >= 4 is 23.6 Å². The standard InChI is InChI=1S/C17H15NO5/c1-21-17(20)15-11-18(13-6-2-3-7-14(13)23-15)16(19)9-8-12-5-4-10-22-12/h2-10,15H,11H2,1H3/b9-8+. The number of carbonyl (C=O) groups is 2. The molecule has 6 heteroatoms. The highest BCUT2D eigenvalue weighted by atomic mass is 16.6. The molecule has 0 spiro atoms. The second-order valence-electron chi connectivity index (χ2n) is 4.89. The van der Waals surface area contributed by atoms with E-state index >= 15 is 0 Å². The molecule has 0 N–H and O–H groups in total. The average molecular weight is 313 g/mol. The second kappa shape index (κ2) is 6.39. The Morgan fingerprint density at radius 3 is 2.83 bits per heavy atom. The maximum Gasteiger partial charge on any atom is 0.348 e. The first-order chi connectivity index (χ1) is 11.2. The van der Waals surface area contributed by atoms with Crippen molar-refractivity contribution in [3.8, 4) is 5.75 Å². The van der Waals surface area contributed by atoms with Crippen molar-refractivity contribution < 1.29 is 23.5 Å². The lowest BCUT2D eigenvalue weighted by Gasteiger charge is -2.32. The summed E-state index contributed by atoms with van der Waals surface area (Å²) in [5.41, 5.74) is 0.613. The molecule has 1 unspecified atom stereocenters. The van der Waals surface area contributed by atoms with Crippen LogP contribution in [0.25, 0.3) is 6.08 Å². The molecule has 6 nitrogen and oxygen atoms in total. The van der Waals surface area contributed by atoms with Gasteiger partial charge in [-0.2, -0.15) is 0 Å². The van der Waals surface area contributed by atoms with E-state index in [0.29, 0.717) is 17.2 Å². The molecule has 0 saturated carbocycles. The van der Waals surface area contributed by atoms with E-state index in [9.17, 15) is 9.59 Å². The number of rotatable bonds is 3. The molecule has 0 bridgehead atoms. The predicted octanol–water partition coefficient (Wildman–Crippen LogP) is 2.26. The summed E-state index contributed by atoms with van der Waals surface area (Å²) >= 11 is 0. The van der Waals surface area contributed by atoms with Gasteiger partial charge in [0, 0.05) is 6.08 Å². The van der Waals surface area contributed by atoms with E-state index in [0.717, 1.165) is 0 Å². The minimum absolute atomic E-state index is 0.0883. The van der Waals surface area contributed by atoms with Crippen LogP contribution in [-0.2, 0) is 14.3 Å². The number of esters is 1. The fourth-order valence-corrected chi connectivity index (χ4v) is 2.33. The Hall–Kier alpha value is -3.02. The highest BCUT2D eigenvalue weighted by molar-refractivity contribution is 6.05. The summed E-state index contributed by atoms with van der Waals surface area (Å²) in [7, 11) is 1.29. The van der Waals surface area contributed by atoms with Gasteiger partial charge in [0.25, 0.3) is 5.91 Å². The minimum atomic E-state index is -0.851. The highest BCUT2D eigenvalue weighted by Crippen LogP contribution is 2.33. The first kappa shape index (κ1) is 14.9. The molecular weight excluding hydrogens is 298 g/mol. The van der Waals surface area contributed by atoms with Crippen molar-refractivity contribution in [1.82, 2.24) is 0 Å². The van der Waals surface area contributed by atoms with Gasteiger partial charge in [-0.1, -0.05) is 12.1 Å². The number of ether oxygens (including phenoxy) is 2. The van der Waals surface area contributed by atoms with Crippen LogP contribution in [0.5, 0.6) is 5.75 Å². The van der Waals surface area contributed by atoms with Crippen molar-refractivity contribution in [2.24, 2.45) is 0 Å². The molecule has 0 fully saturated rings. The number of furan rings is 1. The number of carbonyl (C=O) groups excluding carboxylic acids is 2. The lowest BCUT2D eigenvalue weighted by atomic mass is 10.2. The van der Waals surface area contributed by atoms with Crippen molar-refractivity contribution in [1.29, 1.82) is 0 Å². The molecule has 2 aromatic rings. The number of methoxy groups -OCH3 is 1. The van der Waals surface area contributed by atoms with Crippen LogP contribution in [0.15, 0.2) is 53.2 Å². The zero-order valence-corrected chi connectivity index (χ0v) is 12.5. The van der Waals surface area contributed by atoms with E-state index in [-0.39, 0.29) is 12.5 Å². The maximum atomic E-state index is 12.5. The number of hydrogen-bond donors (Lipinski definition) is 0. The molecule has 1 amide bonds. The van der Waals surface area contributed by atoms with Gasteiger partial charge in [-0.3, -0.25) is 4.79 Å². The number of benzene rings is 1. The van der Waals surface area contributed by atoms with E-state index in [1.165, 1.54) is 24.3 Å². The van der Waals surface area contributed by atoms with Crippen LogP contribution in [0.3, 0.4) is 0 Å². The summed E-state index contributed by atoms with van der Waals surface area (Å²) in [6, 6.07) is 10.5. The van der Waals surface area contributed by atoms with Crippen LogP contribution < -0.4 is 9.64 Å². The summed E-state index contributed by atoms with van der Waals surface area (Å²) in [4.78, 5) is 25.8. The summed E-state index contributed by atoms with van der Waals surface area (Å²) in [5, 5.41) is 0. The van der Waals surface area contributed by atoms with Crippen LogP contribution in [0, 0.1) is 0 Å². The first-order valence-electron chi connectivity index (χ1n) is 7.05. The van der Waals surface area contributed by atoms with Crippen LogP contribution >= 0.6 is 0 Å². The van der Waals surface area contributed by atoms with Gasteiger partial charge in [0.1, 0.15) is 11.5 Å². The van der Waals surface area contributed by atoms with Gasteiger partial charge in [-0.05, 0) is 30.3 Å². The number of hydrogen-bond acceptors (Lipinski definition) is 5. The molecule has 0 aliphatic carbocycles. The first-order valence-corrected chi connectivity index (χ1v) is 7.05. The van der Waals surface area contributed by atoms with Gasteiger partial charge >= 0.3 is 5.97 Å². The molecule has 0 saturated heterocycles. The highest BCUT2D eigenvalue weighted by Gasteiger charge is 2.33. The second-order valence-corrected chi connectivity index (χ2v) is 4.89. The number of nitrogens with zero attached hydrogens (tertiary/aromatic N) is 1. The lowest BCUT2D eigenvalue weighted by molar-refractivity contribution is -0.148. The molecule has 1 aromatic carbocycles. The number of fused-ring (bicyclic) bond motifs is 1. The van der Waals surface area contributed by atoms with Gasteiger partial charge in [0.2, 0.25) is 6.10 Å². The topological polar surface area (TPSA) is 69.0 Å². The van der Waals surface area contributed by atoms with Crippen molar-refractivity contribution in [3.63, 3.8) is 0 Å². The van der Waals surface area contributed by atoms with Gasteiger partial charge in [0.15, 0.2) is 0 Å². The van der Waals surface area contributed by atoms with E-state index in [2.05, 4.69) is 0 Å². The Bertz CT molecular complexity index is 735. The van der Waals surface area contributed by atoms with Gasteiger partial charge in [-0.25, -0.2) is 4.79 Å². The monoisotopic (exact) mass is 313 g/mol. The molecule has 1 atom stereocenters. The molecule has 0 radical (unpaired) electrons. The van der Waals surface area contributed by atoms with E-state index in [1.54, 1.807) is 42.5 Å². The SMILES string of the molecule is COC(=O)C1CN(C(=O)/C=C/c2ccco2)c2ccccc2O1. The quantitative estimate of drug-likeness (QED) is 0.642. The Morgan fingerprint density at radius 2 is 2.09 bits per heavy atom. The van der Waals surface area contributed by atoms with Crippen LogP contribution in [0.1, 0.15) is 5.76 Å². The van der Waals surface area contributed by atoms with Crippen molar-refractivity contribution in [3.05, 3.63) is 54.5 Å². The Balaban J connectivity index is 1.87. The summed E-state index contributed by atoms with van der Waals surface area (Å²) in [5.74, 6) is 0.247. The Morgan fingerprint density at radius 1 is 1.26 bits per heavy atom. The number of anilines is 1. The average Bonchev–Trinajstić information content (AvgIpc) is 3.11. The van der Waals surface area contributed by atoms with Gasteiger partial charge in [0.05, 0.1) is 25.6 Å². The lowest BCUT2D eigenvalue weighted by Crippen LogP contribution is -2.47. The number of amides is 1. The smallest absolute Gasteiger partial charge is 0.348 e. The summed E-state index contributed by atoms with van der Waals surface area (Å²) < 4.78 is 15.5. The van der Waals surface area contributed by atoms with E-state index in [1.807, 2.05) is 0 Å². The fraction of sp³-hybridized carbons (Fsp3) is 0.176. The third-order valence-electron chi connectivity index (χ3n) is 3.44. The number of para-hydroxylation sites is 2. The molecule has 3 rings (SSSR count). The van der Waals surface area contributed by atoms with Crippen LogP contribution in [0.4, 0.5) is 5.69 Å². The summed E-state index contributed by atoms with van der Waals surface area (Å²) in [6.07, 6.45) is 3.65. The van der Waals surface area contributed by atoms with Crippen LogP contribution in [0.2, 0.25) is 0 Å². The zero-order valence-electron chi connectivity index (χ0n) is 12.5. The molecule has 2 heterocycles. The predicted molar refractivity (Wildman–Crippen MR) is 83.0 cm³/mol. The molecule has 1 aliphatic rings. The normalized spacial score (nSPS) is 16.7. The van der Waals surface area contributed by atoms with Gasteiger partial charge in [-0.15, -0.1) is 0 Å². The van der Waals surface area contributed by atoms with E-state index < -0.39 is 12.1 Å². The molecular formula is C17H15NO5. The third-order valence-corrected chi connectivity index (χ3v) is 3.44. The fourth-order valence-electron chi connectivity index (χ4n) is 2.33. The minimum Gasteiger partial charge on any atom is -0.475 e. The van der Waals surface area contributed by atoms with Crippen LogP contribution in [-0.4, -0.2) is 31.6 Å². The molecule has 1 aliphatic heterocycles. The molecule has 1 aromatic heterocycles. The van der Waals surface area contributed by atoms with Gasteiger partial charge < -0.3 is 18.8 Å². The maximum absolute atomic E-state index is 12.5. The van der Waals surface area contributed by atoms with Crippen molar-refractivity contribution in [2.45, 2.75) is 6.10 Å². The van der Waals surface area contributed by atoms with Crippen molar-refractivity contribution in [2.75, 3.05) is 18.6 Å². The summed E-state index contributed by atoms with van der Waals surface area (Å²) in [6.45, 7) is 0.0883. The van der Waals surface area contributed by atoms with E-state index in [4.69, 9.17) is 13.9 Å². The molecule has 118 valence electrons. The third kappa shape index (κ3) is 3.11.